The Kier molecular flexibility index (Phi) is 5.87. The van der Waals surface area contributed by atoms with Crippen molar-refractivity contribution in [2.75, 3.05) is 5.84 Å². The number of azo groups is 1. The first-order valence-electron chi connectivity index (χ1n) is 10.7. The average molecular weight is 481 g/mol. The highest BCUT2D eigenvalue weighted by Crippen LogP contribution is 2.44. The van der Waals surface area contributed by atoms with Crippen LogP contribution in [-0.4, -0.2) is 9.78 Å². The van der Waals surface area contributed by atoms with Crippen LogP contribution in [0.5, 0.6) is 11.5 Å². The topological polar surface area (TPSA) is 121 Å². The molecule has 0 spiro atoms. The third-order valence-electron chi connectivity index (χ3n) is 5.56. The Bertz CT molecular complexity index is 1560. The number of phenolic OH excluding ortho intramolecular Hbond substituents is 1. The summed E-state index contributed by atoms with van der Waals surface area (Å²) >= 11 is 1.23. The van der Waals surface area contributed by atoms with E-state index in [9.17, 15) is 10.4 Å². The molecule has 0 fully saturated rings. The number of phenols is 1. The number of nitrogens with two attached hydrogens (primary N) is 1. The van der Waals surface area contributed by atoms with Crippen LogP contribution < -0.4 is 15.4 Å². The van der Waals surface area contributed by atoms with E-state index in [4.69, 9.17) is 10.6 Å². The molecular weight excluding hydrogens is 460 g/mol. The van der Waals surface area contributed by atoms with Crippen LogP contribution in [0.3, 0.4) is 0 Å². The number of benzene rings is 3. The molecule has 1 aliphatic rings. The van der Waals surface area contributed by atoms with Gasteiger partial charge in [0.1, 0.15) is 23.1 Å². The number of aromatic hydroxyl groups is 1. The summed E-state index contributed by atoms with van der Waals surface area (Å²) in [5, 5.41) is 29.3. The van der Waals surface area contributed by atoms with Crippen molar-refractivity contribution in [3.05, 3.63) is 112 Å². The van der Waals surface area contributed by atoms with Crippen molar-refractivity contribution in [2.24, 2.45) is 15.2 Å². The Balaban J connectivity index is 1.63. The van der Waals surface area contributed by atoms with Crippen LogP contribution in [-0.2, 0) is 0 Å². The average Bonchev–Trinajstić information content (AvgIpc) is 3.15. The summed E-state index contributed by atoms with van der Waals surface area (Å²) in [7, 11) is 0. The van der Waals surface area contributed by atoms with Gasteiger partial charge in [-0.2, -0.15) is 10.3 Å². The smallest absolute Gasteiger partial charge is 0.236 e. The van der Waals surface area contributed by atoms with Crippen molar-refractivity contribution in [3.63, 3.8) is 0 Å². The Labute approximate surface area is 205 Å². The van der Waals surface area contributed by atoms with Crippen molar-refractivity contribution in [3.8, 4) is 17.6 Å². The monoisotopic (exact) mass is 480 g/mol. The second-order valence-corrected chi connectivity index (χ2v) is 8.75. The summed E-state index contributed by atoms with van der Waals surface area (Å²) in [4.78, 5) is 5.01. The zero-order chi connectivity index (χ0) is 24.4. The molecule has 1 aromatic heterocycles. The lowest BCUT2D eigenvalue weighted by atomic mass is 9.83. The molecule has 35 heavy (non-hydrogen) atoms. The van der Waals surface area contributed by atoms with Gasteiger partial charge in [-0.25, -0.2) is 4.68 Å². The molecule has 1 aliphatic heterocycles. The van der Waals surface area contributed by atoms with Crippen LogP contribution in [0.4, 0.5) is 10.7 Å². The van der Waals surface area contributed by atoms with Gasteiger partial charge in [-0.1, -0.05) is 65.9 Å². The van der Waals surface area contributed by atoms with Crippen LogP contribution in [0.15, 0.2) is 106 Å². The number of allylic oxidation sites excluding steroid dienone is 1. The van der Waals surface area contributed by atoms with Gasteiger partial charge in [0.15, 0.2) is 5.00 Å². The number of nitrogens with zero attached hydrogens (tertiary/aromatic N) is 5. The highest BCUT2D eigenvalue weighted by molar-refractivity contribution is 7.13. The van der Waals surface area contributed by atoms with Crippen molar-refractivity contribution >= 4 is 22.0 Å². The summed E-state index contributed by atoms with van der Waals surface area (Å²) in [6.45, 7) is 1.82. The number of fused-ring (bicyclic) bond motifs is 1. The van der Waals surface area contributed by atoms with E-state index in [1.807, 2.05) is 67.6 Å². The first-order valence-corrected chi connectivity index (χ1v) is 11.6. The predicted molar refractivity (Wildman–Crippen MR) is 133 cm³/mol. The summed E-state index contributed by atoms with van der Waals surface area (Å²) in [5.41, 5.74) is 3.40. The number of hydrogen-bond donors (Lipinski definition) is 2. The Hall–Kier alpha value is -4.68. The van der Waals surface area contributed by atoms with Gasteiger partial charge in [0.05, 0.1) is 17.3 Å². The maximum absolute atomic E-state index is 10.1. The Morgan fingerprint density at radius 1 is 1.03 bits per heavy atom. The molecule has 3 aromatic carbocycles. The van der Waals surface area contributed by atoms with Gasteiger partial charge in [0.25, 0.3) is 0 Å². The minimum absolute atomic E-state index is 0.0554. The summed E-state index contributed by atoms with van der Waals surface area (Å²) in [6, 6.07) is 26.2. The fourth-order valence-corrected chi connectivity index (χ4v) is 4.65. The SMILES string of the molecule is Cc1c(N=Nc2ccccc2)s/c(=N\C2=C(C#N)C(c3ccccc3)c3ccc(O)cc3O2)n1N. The van der Waals surface area contributed by atoms with E-state index in [0.29, 0.717) is 26.8 Å². The van der Waals surface area contributed by atoms with Crippen molar-refractivity contribution in [1.82, 2.24) is 4.68 Å². The Morgan fingerprint density at radius 3 is 2.46 bits per heavy atom. The van der Waals surface area contributed by atoms with Gasteiger partial charge in [-0.3, -0.25) is 0 Å². The zero-order valence-corrected chi connectivity index (χ0v) is 19.5. The van der Waals surface area contributed by atoms with Crippen molar-refractivity contribution in [2.45, 2.75) is 12.8 Å². The van der Waals surface area contributed by atoms with Crippen molar-refractivity contribution in [1.29, 1.82) is 5.26 Å². The molecule has 1 atom stereocenters. The molecule has 8 nitrogen and oxygen atoms in total. The molecule has 4 aromatic rings. The van der Waals surface area contributed by atoms with E-state index in [0.717, 1.165) is 16.8 Å². The molecule has 5 rings (SSSR count). The fourth-order valence-electron chi connectivity index (χ4n) is 3.79. The van der Waals surface area contributed by atoms with Crippen LogP contribution >= 0.6 is 11.3 Å². The van der Waals surface area contributed by atoms with Crippen LogP contribution in [0.1, 0.15) is 22.7 Å². The molecule has 2 heterocycles. The molecule has 0 saturated heterocycles. The van der Waals surface area contributed by atoms with Crippen LogP contribution in [0.2, 0.25) is 0 Å². The molecule has 0 aliphatic carbocycles. The number of ether oxygens (including phenoxy) is 1. The highest BCUT2D eigenvalue weighted by atomic mass is 32.1. The summed E-state index contributed by atoms with van der Waals surface area (Å²) in [5.74, 6) is 6.46. The van der Waals surface area contributed by atoms with Gasteiger partial charge in [0, 0.05) is 11.6 Å². The largest absolute Gasteiger partial charge is 0.508 e. The number of thiazole rings is 1. The number of aromatic nitrogens is 1. The summed E-state index contributed by atoms with van der Waals surface area (Å²) < 4.78 is 7.41. The molecular formula is C26H20N6O2S. The molecule has 0 bridgehead atoms. The first-order chi connectivity index (χ1) is 17.0. The van der Waals surface area contributed by atoms with Gasteiger partial charge >= 0.3 is 0 Å². The molecule has 0 saturated carbocycles. The van der Waals surface area contributed by atoms with E-state index in [1.54, 1.807) is 12.1 Å². The van der Waals surface area contributed by atoms with E-state index in [1.165, 1.54) is 22.1 Å². The van der Waals surface area contributed by atoms with Gasteiger partial charge in [0.2, 0.25) is 10.7 Å². The molecule has 9 heteroatoms. The standard InChI is InChI=1S/C26H20N6O2S/c1-16-25(31-30-18-10-6-3-7-11-18)35-26(32(16)28)29-24-21(15-27)23(17-8-4-2-5-9-17)20-13-12-19(33)14-22(20)34-24/h2-14,23,33H,28H2,1H3/b29-26-,31-30?. The highest BCUT2D eigenvalue weighted by Gasteiger charge is 2.32. The summed E-state index contributed by atoms with van der Waals surface area (Å²) in [6.07, 6.45) is 0. The second-order valence-electron chi connectivity index (χ2n) is 7.79. The number of rotatable bonds is 4. The van der Waals surface area contributed by atoms with E-state index < -0.39 is 5.92 Å². The van der Waals surface area contributed by atoms with Crippen molar-refractivity contribution < 1.29 is 9.84 Å². The third kappa shape index (κ3) is 4.30. The first kappa shape index (κ1) is 22.1. The lowest BCUT2D eigenvalue weighted by Crippen LogP contribution is -2.25. The normalized spacial score (nSPS) is 15.7. The maximum atomic E-state index is 10.1. The van der Waals surface area contributed by atoms with Crippen LogP contribution in [0, 0.1) is 18.3 Å². The molecule has 0 amide bonds. The fraction of sp³-hybridized carbons (Fsp3) is 0.0769. The van der Waals surface area contributed by atoms with E-state index in [-0.39, 0.29) is 11.6 Å². The third-order valence-corrected chi connectivity index (χ3v) is 6.60. The van der Waals surface area contributed by atoms with Crippen LogP contribution in [0.25, 0.3) is 0 Å². The van der Waals surface area contributed by atoms with Gasteiger partial charge < -0.3 is 15.7 Å². The molecule has 0 radical (unpaired) electrons. The number of hydrogen-bond acceptors (Lipinski definition) is 8. The van der Waals surface area contributed by atoms with E-state index >= 15 is 0 Å². The maximum Gasteiger partial charge on any atom is 0.236 e. The quantitative estimate of drug-likeness (QED) is 0.294. The van der Waals surface area contributed by atoms with Gasteiger partial charge in [-0.15, -0.1) is 10.2 Å². The minimum atomic E-state index is -0.408. The Morgan fingerprint density at radius 2 is 1.74 bits per heavy atom. The lowest BCUT2D eigenvalue weighted by Gasteiger charge is -2.26. The molecule has 3 N–H and O–H groups in total. The molecule has 1 unspecified atom stereocenters. The number of nitriles is 1. The number of nitrogen functional groups attached to an aromatic ring is 1. The minimum Gasteiger partial charge on any atom is -0.508 e. The lowest BCUT2D eigenvalue weighted by molar-refractivity contribution is 0.385. The zero-order valence-electron chi connectivity index (χ0n) is 18.7. The van der Waals surface area contributed by atoms with Gasteiger partial charge in [-0.05, 0) is 30.7 Å². The van der Waals surface area contributed by atoms with E-state index in [2.05, 4.69) is 21.3 Å². The second kappa shape index (κ2) is 9.29. The molecule has 172 valence electrons. The predicted octanol–water partition coefficient (Wildman–Crippen LogP) is 5.55.